The minimum absolute atomic E-state index is 0. The lowest BCUT2D eigenvalue weighted by atomic mass is 10.2. The number of fused-ring (bicyclic) bond motifs is 1. The maximum Gasteiger partial charge on any atom is 0.223 e. The summed E-state index contributed by atoms with van der Waals surface area (Å²) in [6.45, 7) is 2.24. The number of hydrogen-bond acceptors (Lipinski definition) is 4. The van der Waals surface area contributed by atoms with E-state index >= 15 is 0 Å². The highest BCUT2D eigenvalue weighted by atomic mass is 35.5. The molecule has 0 amide bonds. The van der Waals surface area contributed by atoms with Crippen molar-refractivity contribution in [3.63, 3.8) is 0 Å². The smallest absolute Gasteiger partial charge is 0.223 e. The van der Waals surface area contributed by atoms with Crippen LogP contribution in [0.3, 0.4) is 0 Å². The predicted octanol–water partition coefficient (Wildman–Crippen LogP) is 3.84. The Hall–Kier alpha value is -0.780. The molecule has 1 aliphatic heterocycles. The molecule has 4 nitrogen and oxygen atoms in total. The number of hydrogen-bond donors (Lipinski definition) is 2. The van der Waals surface area contributed by atoms with Gasteiger partial charge in [-0.1, -0.05) is 23.2 Å². The van der Waals surface area contributed by atoms with E-state index in [0.717, 1.165) is 29.9 Å². The molecule has 1 aromatic heterocycles. The van der Waals surface area contributed by atoms with Crippen LogP contribution in [0.1, 0.15) is 16.8 Å². The number of benzene rings is 1. The lowest BCUT2D eigenvalue weighted by Gasteiger charge is -2.07. The van der Waals surface area contributed by atoms with Crippen molar-refractivity contribution in [3.05, 3.63) is 51.3 Å². The lowest BCUT2D eigenvalue weighted by molar-refractivity contribution is 0.757. The Bertz CT molecular complexity index is 601. The monoisotopic (exact) mass is 366 g/mol. The Morgan fingerprint density at radius 2 is 1.81 bits per heavy atom. The van der Waals surface area contributed by atoms with Crippen LogP contribution in [0.15, 0.2) is 24.4 Å². The van der Waals surface area contributed by atoms with Gasteiger partial charge in [-0.25, -0.2) is 9.97 Å². The van der Waals surface area contributed by atoms with Gasteiger partial charge in [0.05, 0.1) is 5.69 Å². The van der Waals surface area contributed by atoms with Crippen LogP contribution in [0.5, 0.6) is 0 Å². The average molecular weight is 368 g/mol. The van der Waals surface area contributed by atoms with Gasteiger partial charge >= 0.3 is 0 Å². The molecular weight excluding hydrogens is 354 g/mol. The van der Waals surface area contributed by atoms with Crippen molar-refractivity contribution >= 4 is 54.0 Å². The third-order valence-corrected chi connectivity index (χ3v) is 3.37. The van der Waals surface area contributed by atoms with Gasteiger partial charge < -0.3 is 10.6 Å². The molecule has 0 saturated heterocycles. The van der Waals surface area contributed by atoms with Gasteiger partial charge in [0.15, 0.2) is 0 Å². The summed E-state index contributed by atoms with van der Waals surface area (Å²) >= 11 is 11.9. The van der Waals surface area contributed by atoms with E-state index in [4.69, 9.17) is 23.2 Å². The molecule has 114 valence electrons. The summed E-state index contributed by atoms with van der Waals surface area (Å²) in [5.74, 6) is 0.624. The molecule has 1 aliphatic rings. The molecule has 0 spiro atoms. The van der Waals surface area contributed by atoms with Crippen LogP contribution in [-0.4, -0.2) is 9.97 Å². The van der Waals surface area contributed by atoms with Crippen molar-refractivity contribution in [1.82, 2.24) is 15.3 Å². The molecule has 0 atom stereocenters. The zero-order valence-corrected chi connectivity index (χ0v) is 14.0. The van der Waals surface area contributed by atoms with E-state index in [1.165, 1.54) is 0 Å². The number of aromatic nitrogens is 2. The molecule has 2 N–H and O–H groups in total. The van der Waals surface area contributed by atoms with E-state index < -0.39 is 0 Å². The predicted molar refractivity (Wildman–Crippen MR) is 90.9 cm³/mol. The summed E-state index contributed by atoms with van der Waals surface area (Å²) in [6.07, 6.45) is 1.86. The van der Waals surface area contributed by atoms with Gasteiger partial charge in [-0.05, 0) is 23.8 Å². The Balaban J connectivity index is 0.00000110. The molecule has 0 bridgehead atoms. The van der Waals surface area contributed by atoms with E-state index in [-0.39, 0.29) is 24.8 Å². The van der Waals surface area contributed by atoms with Crippen LogP contribution in [0, 0.1) is 0 Å². The van der Waals surface area contributed by atoms with Crippen LogP contribution < -0.4 is 10.6 Å². The number of nitrogens with one attached hydrogen (secondary N) is 2. The second kappa shape index (κ2) is 8.01. The van der Waals surface area contributed by atoms with E-state index in [1.807, 2.05) is 18.3 Å². The van der Waals surface area contributed by atoms with E-state index in [1.54, 1.807) is 6.07 Å². The van der Waals surface area contributed by atoms with Crippen LogP contribution in [0.2, 0.25) is 10.0 Å². The largest absolute Gasteiger partial charge is 0.350 e. The Kier molecular flexibility index (Phi) is 6.97. The maximum atomic E-state index is 5.96. The first-order valence-corrected chi connectivity index (χ1v) is 6.70. The minimum atomic E-state index is 0. The lowest BCUT2D eigenvalue weighted by Crippen LogP contribution is -2.05. The van der Waals surface area contributed by atoms with Crippen molar-refractivity contribution in [2.45, 2.75) is 19.6 Å². The number of halogens is 4. The van der Waals surface area contributed by atoms with Crippen molar-refractivity contribution in [1.29, 1.82) is 0 Å². The quantitative estimate of drug-likeness (QED) is 0.865. The molecule has 0 unspecified atom stereocenters. The molecule has 1 aromatic carbocycles. The first-order chi connectivity index (χ1) is 9.20. The second-order valence-electron chi connectivity index (χ2n) is 4.40. The zero-order valence-electron chi connectivity index (χ0n) is 10.9. The molecule has 21 heavy (non-hydrogen) atoms. The van der Waals surface area contributed by atoms with E-state index in [9.17, 15) is 0 Å². The highest BCUT2D eigenvalue weighted by Crippen LogP contribution is 2.20. The molecule has 8 heteroatoms. The van der Waals surface area contributed by atoms with Gasteiger partial charge in [0.25, 0.3) is 0 Å². The fraction of sp³-hybridized carbons (Fsp3) is 0.231. The van der Waals surface area contributed by atoms with Crippen LogP contribution in [-0.2, 0) is 19.6 Å². The third kappa shape index (κ3) is 4.59. The van der Waals surface area contributed by atoms with E-state index in [2.05, 4.69) is 20.6 Å². The Morgan fingerprint density at radius 1 is 1.10 bits per heavy atom. The van der Waals surface area contributed by atoms with Crippen molar-refractivity contribution in [2.75, 3.05) is 5.32 Å². The van der Waals surface area contributed by atoms with Gasteiger partial charge in [-0.15, -0.1) is 24.8 Å². The molecule has 2 heterocycles. The molecule has 3 rings (SSSR count). The van der Waals surface area contributed by atoms with Crippen molar-refractivity contribution in [2.24, 2.45) is 0 Å². The summed E-state index contributed by atoms with van der Waals surface area (Å²) in [5.41, 5.74) is 3.22. The number of nitrogens with zero attached hydrogens (tertiary/aromatic N) is 2. The highest BCUT2D eigenvalue weighted by Gasteiger charge is 2.12. The topological polar surface area (TPSA) is 49.8 Å². The number of anilines is 1. The van der Waals surface area contributed by atoms with Gasteiger partial charge in [0.1, 0.15) is 0 Å². The summed E-state index contributed by atoms with van der Waals surface area (Å²) in [7, 11) is 0. The summed E-state index contributed by atoms with van der Waals surface area (Å²) in [6, 6.07) is 5.45. The maximum absolute atomic E-state index is 5.96. The van der Waals surface area contributed by atoms with Crippen molar-refractivity contribution < 1.29 is 0 Å². The molecular formula is C13H14Cl4N4. The molecule has 0 aliphatic carbocycles. The Labute approximate surface area is 145 Å². The molecule has 0 radical (unpaired) electrons. The van der Waals surface area contributed by atoms with E-state index in [0.29, 0.717) is 22.5 Å². The van der Waals surface area contributed by atoms with Crippen molar-refractivity contribution in [3.8, 4) is 0 Å². The number of rotatable bonds is 3. The highest BCUT2D eigenvalue weighted by molar-refractivity contribution is 6.34. The molecule has 0 saturated carbocycles. The standard InChI is InChI=1S/C13H12Cl2N4.2ClH/c14-10-1-8(2-11(15)3-10)4-17-13-18-6-9-5-16-7-12(9)19-13;;/h1-3,6,16H,4-5,7H2,(H,17,18,19);2*1H. The fourth-order valence-electron chi connectivity index (χ4n) is 2.04. The zero-order chi connectivity index (χ0) is 13.2. The van der Waals surface area contributed by atoms with Gasteiger partial charge in [-0.3, -0.25) is 0 Å². The summed E-state index contributed by atoms with van der Waals surface area (Å²) in [4.78, 5) is 8.74. The first kappa shape index (κ1) is 18.3. The average Bonchev–Trinajstić information content (AvgIpc) is 2.82. The SMILES string of the molecule is Cl.Cl.Clc1cc(Cl)cc(CNc2ncc3c(n2)CNC3)c1. The Morgan fingerprint density at radius 3 is 2.52 bits per heavy atom. The van der Waals surface area contributed by atoms with Crippen LogP contribution in [0.4, 0.5) is 5.95 Å². The minimum Gasteiger partial charge on any atom is -0.350 e. The normalized spacial score (nSPS) is 12.1. The summed E-state index contributed by atoms with van der Waals surface area (Å²) < 4.78 is 0. The second-order valence-corrected chi connectivity index (χ2v) is 5.27. The fourth-order valence-corrected chi connectivity index (χ4v) is 2.61. The first-order valence-electron chi connectivity index (χ1n) is 5.95. The van der Waals surface area contributed by atoms with Gasteiger partial charge in [0.2, 0.25) is 5.95 Å². The third-order valence-electron chi connectivity index (χ3n) is 2.94. The van der Waals surface area contributed by atoms with Crippen LogP contribution >= 0.6 is 48.0 Å². The van der Waals surface area contributed by atoms with Crippen LogP contribution in [0.25, 0.3) is 0 Å². The van der Waals surface area contributed by atoms with Gasteiger partial charge in [-0.2, -0.15) is 0 Å². The molecule has 2 aromatic rings. The van der Waals surface area contributed by atoms with Gasteiger partial charge in [0, 0.05) is 41.4 Å². The molecule has 0 fully saturated rings. The summed E-state index contributed by atoms with van der Waals surface area (Å²) in [5, 5.41) is 7.67.